The summed E-state index contributed by atoms with van der Waals surface area (Å²) in [4.78, 5) is 11.7. The van der Waals surface area contributed by atoms with Crippen LogP contribution < -0.4 is 10.6 Å². The van der Waals surface area contributed by atoms with Crippen LogP contribution in [0.3, 0.4) is 0 Å². The lowest BCUT2D eigenvalue weighted by molar-refractivity contribution is 0.414. The lowest BCUT2D eigenvalue weighted by Gasteiger charge is -2.34. The van der Waals surface area contributed by atoms with Gasteiger partial charge in [0.25, 0.3) is 0 Å². The molecule has 0 bridgehead atoms. The molecule has 1 aromatic rings. The third-order valence-electron chi connectivity index (χ3n) is 4.48. The molecule has 1 aliphatic carbocycles. The second-order valence-electron chi connectivity index (χ2n) is 6.63. The zero-order valence-electron chi connectivity index (χ0n) is 12.0. The summed E-state index contributed by atoms with van der Waals surface area (Å²) in [7, 11) is 0. The number of hydrogen-bond acceptors (Lipinski definition) is 4. The maximum atomic E-state index is 6.06. The quantitative estimate of drug-likeness (QED) is 0.839. The van der Waals surface area contributed by atoms with Crippen LogP contribution in [0.2, 0.25) is 0 Å². The van der Waals surface area contributed by atoms with Crippen molar-refractivity contribution in [1.82, 2.24) is 9.97 Å². The molecule has 0 amide bonds. The zero-order chi connectivity index (χ0) is 13.5. The molecule has 4 nitrogen and oxygen atoms in total. The molecule has 3 rings (SSSR count). The predicted octanol–water partition coefficient (Wildman–Crippen LogP) is 2.02. The first-order valence-electron chi connectivity index (χ1n) is 7.43. The first-order chi connectivity index (χ1) is 9.06. The second-order valence-corrected chi connectivity index (χ2v) is 6.63. The molecule has 1 saturated heterocycles. The van der Waals surface area contributed by atoms with E-state index in [9.17, 15) is 0 Å². The molecule has 4 heteroatoms. The highest BCUT2D eigenvalue weighted by Gasteiger charge is 2.30. The van der Waals surface area contributed by atoms with Crippen LogP contribution in [0.25, 0.3) is 0 Å². The molecule has 104 valence electrons. The smallest absolute Gasteiger partial charge is 0.225 e. The van der Waals surface area contributed by atoms with Gasteiger partial charge in [0.05, 0.1) is 5.69 Å². The second kappa shape index (κ2) is 4.75. The number of fused-ring (bicyclic) bond motifs is 1. The fourth-order valence-corrected chi connectivity index (χ4v) is 3.35. The van der Waals surface area contributed by atoms with E-state index in [0.29, 0.717) is 0 Å². The van der Waals surface area contributed by atoms with Gasteiger partial charge in [0.1, 0.15) is 0 Å². The summed E-state index contributed by atoms with van der Waals surface area (Å²) < 4.78 is 0. The summed E-state index contributed by atoms with van der Waals surface area (Å²) in [5.74, 6) is 0.879. The van der Waals surface area contributed by atoms with Crippen LogP contribution in [-0.2, 0) is 11.8 Å². The number of nitrogens with two attached hydrogens (primary N) is 1. The lowest BCUT2D eigenvalue weighted by atomic mass is 9.76. The molecule has 0 spiro atoms. The molecule has 2 N–H and O–H groups in total. The maximum absolute atomic E-state index is 6.06. The van der Waals surface area contributed by atoms with Crippen LogP contribution in [0.5, 0.6) is 0 Å². The molecule has 0 saturated carbocycles. The van der Waals surface area contributed by atoms with Gasteiger partial charge in [-0.2, -0.15) is 0 Å². The lowest BCUT2D eigenvalue weighted by Crippen LogP contribution is -2.44. The van der Waals surface area contributed by atoms with Crippen LogP contribution in [-0.4, -0.2) is 29.1 Å². The standard InChI is InChI=1S/C15H24N4/c1-15(2)7-3-5-11-9-17-14(18-13(11)15)19-8-4-6-12(16)10-19/h9,12H,3-8,10,16H2,1-2H3. The molecule has 1 atom stereocenters. The van der Waals surface area contributed by atoms with Gasteiger partial charge in [0, 0.05) is 30.7 Å². The third-order valence-corrected chi connectivity index (χ3v) is 4.48. The minimum atomic E-state index is 0.184. The number of anilines is 1. The molecule has 1 aromatic heterocycles. The third kappa shape index (κ3) is 2.46. The fraction of sp³-hybridized carbons (Fsp3) is 0.733. The van der Waals surface area contributed by atoms with E-state index in [4.69, 9.17) is 10.7 Å². The highest BCUT2D eigenvalue weighted by molar-refractivity contribution is 5.38. The van der Waals surface area contributed by atoms with Crippen LogP contribution in [0.4, 0.5) is 5.95 Å². The van der Waals surface area contributed by atoms with E-state index >= 15 is 0 Å². The fourth-order valence-electron chi connectivity index (χ4n) is 3.35. The van der Waals surface area contributed by atoms with Crippen molar-refractivity contribution in [3.05, 3.63) is 17.5 Å². The summed E-state index contributed by atoms with van der Waals surface area (Å²) in [6.07, 6.45) is 7.89. The Morgan fingerprint density at radius 3 is 3.00 bits per heavy atom. The van der Waals surface area contributed by atoms with E-state index in [1.807, 2.05) is 6.20 Å². The summed E-state index contributed by atoms with van der Waals surface area (Å²) in [6, 6.07) is 0.265. The average molecular weight is 260 g/mol. The van der Waals surface area contributed by atoms with Crippen LogP contribution in [0.1, 0.15) is 50.8 Å². The van der Waals surface area contributed by atoms with Crippen molar-refractivity contribution in [2.45, 2.75) is 57.4 Å². The Labute approximate surface area is 115 Å². The van der Waals surface area contributed by atoms with Crippen molar-refractivity contribution in [3.63, 3.8) is 0 Å². The van der Waals surface area contributed by atoms with Gasteiger partial charge in [-0.3, -0.25) is 0 Å². The number of aromatic nitrogens is 2. The van der Waals surface area contributed by atoms with Gasteiger partial charge in [-0.1, -0.05) is 13.8 Å². The van der Waals surface area contributed by atoms with E-state index < -0.39 is 0 Å². The molecule has 2 aliphatic rings. The maximum Gasteiger partial charge on any atom is 0.225 e. The van der Waals surface area contributed by atoms with Crippen molar-refractivity contribution in [1.29, 1.82) is 0 Å². The van der Waals surface area contributed by atoms with Gasteiger partial charge >= 0.3 is 0 Å². The van der Waals surface area contributed by atoms with Gasteiger partial charge in [0.15, 0.2) is 0 Å². The molecule has 1 fully saturated rings. The van der Waals surface area contributed by atoms with Crippen molar-refractivity contribution >= 4 is 5.95 Å². The molecule has 1 aliphatic heterocycles. The summed E-state index contributed by atoms with van der Waals surface area (Å²) in [6.45, 7) is 6.51. The molecular formula is C15H24N4. The van der Waals surface area contributed by atoms with E-state index in [-0.39, 0.29) is 11.5 Å². The highest BCUT2D eigenvalue weighted by atomic mass is 15.3. The van der Waals surface area contributed by atoms with Gasteiger partial charge < -0.3 is 10.6 Å². The largest absolute Gasteiger partial charge is 0.339 e. The molecule has 0 aromatic carbocycles. The number of rotatable bonds is 1. The number of aryl methyl sites for hydroxylation is 1. The summed E-state index contributed by atoms with van der Waals surface area (Å²) >= 11 is 0. The molecule has 0 radical (unpaired) electrons. The number of piperidine rings is 1. The van der Waals surface area contributed by atoms with Crippen molar-refractivity contribution in [2.75, 3.05) is 18.0 Å². The first kappa shape index (κ1) is 12.9. The monoisotopic (exact) mass is 260 g/mol. The van der Waals surface area contributed by atoms with Crippen LogP contribution >= 0.6 is 0 Å². The molecule has 1 unspecified atom stereocenters. The number of hydrogen-bond donors (Lipinski definition) is 1. The van der Waals surface area contributed by atoms with E-state index in [1.54, 1.807) is 0 Å². The molecular weight excluding hydrogens is 236 g/mol. The molecule has 2 heterocycles. The minimum Gasteiger partial charge on any atom is -0.339 e. The van der Waals surface area contributed by atoms with E-state index in [0.717, 1.165) is 38.3 Å². The Kier molecular flexibility index (Phi) is 3.21. The van der Waals surface area contributed by atoms with Crippen molar-refractivity contribution in [2.24, 2.45) is 5.73 Å². The van der Waals surface area contributed by atoms with Gasteiger partial charge in [0.2, 0.25) is 5.95 Å². The van der Waals surface area contributed by atoms with Crippen LogP contribution in [0, 0.1) is 0 Å². The topological polar surface area (TPSA) is 55.0 Å². The normalized spacial score (nSPS) is 26.1. The SMILES string of the molecule is CC1(C)CCCc2cnc(N3CCCC(N)C3)nc21. The van der Waals surface area contributed by atoms with Gasteiger partial charge in [-0.05, 0) is 37.7 Å². The van der Waals surface area contributed by atoms with Crippen molar-refractivity contribution < 1.29 is 0 Å². The highest BCUT2D eigenvalue weighted by Crippen LogP contribution is 2.35. The Morgan fingerprint density at radius 2 is 2.21 bits per heavy atom. The summed E-state index contributed by atoms with van der Waals surface area (Å²) in [5.41, 5.74) is 8.83. The minimum absolute atomic E-state index is 0.184. The van der Waals surface area contributed by atoms with E-state index in [2.05, 4.69) is 23.7 Å². The Balaban J connectivity index is 1.92. The predicted molar refractivity (Wildman–Crippen MR) is 77.4 cm³/mol. The number of nitrogens with zero attached hydrogens (tertiary/aromatic N) is 3. The Bertz CT molecular complexity index is 469. The van der Waals surface area contributed by atoms with E-state index in [1.165, 1.54) is 24.1 Å². The van der Waals surface area contributed by atoms with Gasteiger partial charge in [-0.15, -0.1) is 0 Å². The Morgan fingerprint density at radius 1 is 1.37 bits per heavy atom. The zero-order valence-corrected chi connectivity index (χ0v) is 12.0. The Hall–Kier alpha value is -1.16. The summed E-state index contributed by atoms with van der Waals surface area (Å²) in [5, 5.41) is 0. The average Bonchev–Trinajstić information content (AvgIpc) is 2.38. The van der Waals surface area contributed by atoms with Crippen molar-refractivity contribution in [3.8, 4) is 0 Å². The first-order valence-corrected chi connectivity index (χ1v) is 7.43. The molecule has 19 heavy (non-hydrogen) atoms. The van der Waals surface area contributed by atoms with Crippen LogP contribution in [0.15, 0.2) is 6.20 Å². The van der Waals surface area contributed by atoms with Gasteiger partial charge in [-0.25, -0.2) is 9.97 Å².